The number of anilines is 1. The van der Waals surface area contributed by atoms with Crippen molar-refractivity contribution < 1.29 is 38.6 Å². The summed E-state index contributed by atoms with van der Waals surface area (Å²) < 4.78 is 16.6. The average Bonchev–Trinajstić information content (AvgIpc) is 3.30. The molecule has 1 atom stereocenters. The number of amides is 2. The topological polar surface area (TPSA) is 113 Å². The monoisotopic (exact) mass is 505 g/mol. The third-order valence-electron chi connectivity index (χ3n) is 7.62. The maximum Gasteiger partial charge on any atom is 0.296 e. The van der Waals surface area contributed by atoms with Crippen LogP contribution >= 0.6 is 0 Å². The first-order valence-electron chi connectivity index (χ1n) is 12.4. The smallest absolute Gasteiger partial charge is 0.296 e. The molecule has 0 aromatic heterocycles. The highest BCUT2D eigenvalue weighted by Gasteiger charge is 2.65. The lowest BCUT2D eigenvalue weighted by Gasteiger charge is -2.36. The summed E-state index contributed by atoms with van der Waals surface area (Å²) in [6.45, 7) is 4.14. The molecule has 2 amide bonds. The lowest BCUT2D eigenvalue weighted by molar-refractivity contribution is -0.907. The molecule has 10 heteroatoms. The number of carbonyl (C=O) groups excluding carboxylic acids is 3. The van der Waals surface area contributed by atoms with E-state index in [2.05, 4.69) is 0 Å². The molecule has 37 heavy (non-hydrogen) atoms. The Hall–Kier alpha value is -3.89. The van der Waals surface area contributed by atoms with Gasteiger partial charge in [-0.05, 0) is 23.8 Å². The Balaban J connectivity index is 1.52. The van der Waals surface area contributed by atoms with Crippen LogP contribution in [0.4, 0.5) is 5.69 Å². The van der Waals surface area contributed by atoms with Gasteiger partial charge < -0.3 is 34.0 Å². The molecule has 192 valence electrons. The molecule has 10 nitrogen and oxygen atoms in total. The first-order chi connectivity index (χ1) is 17.9. The Labute approximate surface area is 213 Å². The Morgan fingerprint density at radius 1 is 1.00 bits per heavy atom. The van der Waals surface area contributed by atoms with E-state index in [9.17, 15) is 19.5 Å². The van der Waals surface area contributed by atoms with Crippen LogP contribution in [0.25, 0.3) is 5.76 Å². The van der Waals surface area contributed by atoms with Crippen molar-refractivity contribution in [3.8, 4) is 11.5 Å². The molecule has 0 radical (unpaired) electrons. The molecule has 2 fully saturated rings. The maximum absolute atomic E-state index is 14.1. The molecule has 0 bridgehead atoms. The number of carbonyl (C=O) groups is 3. The molecule has 1 spiro atoms. The molecule has 4 heterocycles. The van der Waals surface area contributed by atoms with E-state index in [-0.39, 0.29) is 17.7 Å². The van der Waals surface area contributed by atoms with Crippen molar-refractivity contribution in [2.24, 2.45) is 0 Å². The zero-order valence-electron chi connectivity index (χ0n) is 20.5. The number of para-hydroxylation sites is 1. The van der Waals surface area contributed by atoms with E-state index in [4.69, 9.17) is 14.2 Å². The van der Waals surface area contributed by atoms with Gasteiger partial charge in [-0.25, -0.2) is 0 Å². The van der Waals surface area contributed by atoms with E-state index in [0.29, 0.717) is 55.7 Å². The SMILES string of the molecule is CN1C(=O)C2(C(=C([O-])c3ccc4c(c3)OCCO4)C(=O)C(=O)N2CC[NH+]2CCOCC2)c2ccccc21. The highest BCUT2D eigenvalue weighted by atomic mass is 16.6. The summed E-state index contributed by atoms with van der Waals surface area (Å²) in [7, 11) is 1.60. The Morgan fingerprint density at radius 2 is 1.73 bits per heavy atom. The quantitative estimate of drug-likeness (QED) is 0.313. The summed E-state index contributed by atoms with van der Waals surface area (Å²) in [5.74, 6) is -2.08. The number of benzene rings is 2. The fourth-order valence-electron chi connectivity index (χ4n) is 5.77. The van der Waals surface area contributed by atoms with E-state index in [1.165, 1.54) is 26.8 Å². The van der Waals surface area contributed by atoms with Crippen molar-refractivity contribution in [2.75, 3.05) is 64.6 Å². The first-order valence-corrected chi connectivity index (χ1v) is 12.4. The molecule has 6 rings (SSSR count). The van der Waals surface area contributed by atoms with Crippen molar-refractivity contribution in [1.82, 2.24) is 4.90 Å². The van der Waals surface area contributed by atoms with Gasteiger partial charge in [0.2, 0.25) is 5.78 Å². The van der Waals surface area contributed by atoms with Crippen molar-refractivity contribution in [3.63, 3.8) is 0 Å². The number of rotatable bonds is 4. The number of likely N-dealkylation sites (N-methyl/N-ethyl adjacent to an activating group) is 1. The number of hydrogen-bond acceptors (Lipinski definition) is 7. The number of likely N-dealkylation sites (tertiary alicyclic amines) is 1. The molecule has 2 aromatic rings. The van der Waals surface area contributed by atoms with Crippen LogP contribution in [-0.4, -0.2) is 82.2 Å². The summed E-state index contributed by atoms with van der Waals surface area (Å²) in [5.41, 5.74) is -0.991. The Kier molecular flexibility index (Phi) is 5.65. The molecule has 4 aliphatic heterocycles. The number of quaternary nitrogens is 1. The minimum absolute atomic E-state index is 0.145. The molecule has 2 aromatic carbocycles. The minimum atomic E-state index is -1.82. The molecule has 1 N–H and O–H groups in total. The van der Waals surface area contributed by atoms with Crippen LogP contribution in [-0.2, 0) is 24.7 Å². The number of ketones is 1. The van der Waals surface area contributed by atoms with Crippen molar-refractivity contribution in [2.45, 2.75) is 5.54 Å². The minimum Gasteiger partial charge on any atom is -0.872 e. The van der Waals surface area contributed by atoms with E-state index in [1.54, 1.807) is 37.4 Å². The van der Waals surface area contributed by atoms with Gasteiger partial charge in [0.15, 0.2) is 17.0 Å². The second kappa shape index (κ2) is 8.89. The largest absolute Gasteiger partial charge is 0.872 e. The number of ether oxygens (including phenoxy) is 3. The zero-order chi connectivity index (χ0) is 25.7. The van der Waals surface area contributed by atoms with E-state index >= 15 is 0 Å². The molecule has 2 saturated heterocycles. The van der Waals surface area contributed by atoms with Gasteiger partial charge in [-0.2, -0.15) is 0 Å². The van der Waals surface area contributed by atoms with Gasteiger partial charge in [0.1, 0.15) is 26.3 Å². The van der Waals surface area contributed by atoms with Gasteiger partial charge >= 0.3 is 0 Å². The number of fused-ring (bicyclic) bond motifs is 3. The highest BCUT2D eigenvalue weighted by molar-refractivity contribution is 6.49. The second-order valence-corrected chi connectivity index (χ2v) is 9.55. The summed E-state index contributed by atoms with van der Waals surface area (Å²) in [6, 6.07) is 11.6. The van der Waals surface area contributed by atoms with E-state index < -0.39 is 28.9 Å². The molecule has 1 unspecified atom stereocenters. The number of morpholine rings is 1. The third kappa shape index (κ3) is 3.43. The summed E-state index contributed by atoms with van der Waals surface area (Å²) >= 11 is 0. The first kappa shape index (κ1) is 23.5. The summed E-state index contributed by atoms with van der Waals surface area (Å²) in [5, 5.41) is 14.0. The van der Waals surface area contributed by atoms with Gasteiger partial charge in [-0.1, -0.05) is 30.0 Å². The molecular formula is C27H27N3O7. The number of Topliss-reactive ketones (excluding diaryl/α,β-unsaturated/α-hetero) is 1. The standard InChI is InChI=1S/C27H27N3O7/c1-28-19-5-3-2-4-18(19)27(26(28)34)22(23(31)17-6-7-20-21(16-17)37-15-14-36-20)24(32)25(33)30(27)9-8-29-10-12-35-13-11-29/h2-7,16,31H,8-15H2,1H3. The molecule has 0 saturated carbocycles. The summed E-state index contributed by atoms with van der Waals surface area (Å²) in [6.07, 6.45) is 0. The normalized spacial score (nSPS) is 24.7. The van der Waals surface area contributed by atoms with Crippen molar-refractivity contribution >= 4 is 29.0 Å². The highest BCUT2D eigenvalue weighted by Crippen LogP contribution is 2.52. The predicted molar refractivity (Wildman–Crippen MR) is 129 cm³/mol. The Bertz CT molecular complexity index is 1330. The van der Waals surface area contributed by atoms with Crippen molar-refractivity contribution in [1.29, 1.82) is 0 Å². The fourth-order valence-corrected chi connectivity index (χ4v) is 5.77. The summed E-state index contributed by atoms with van der Waals surface area (Å²) in [4.78, 5) is 45.1. The van der Waals surface area contributed by atoms with Crippen LogP contribution in [0.1, 0.15) is 11.1 Å². The third-order valence-corrected chi connectivity index (χ3v) is 7.62. The molecular weight excluding hydrogens is 478 g/mol. The second-order valence-electron chi connectivity index (χ2n) is 9.55. The van der Waals surface area contributed by atoms with Gasteiger partial charge in [0.25, 0.3) is 11.8 Å². The molecule has 4 aliphatic rings. The number of hydrogen-bond donors (Lipinski definition) is 1. The van der Waals surface area contributed by atoms with Crippen LogP contribution in [0.2, 0.25) is 0 Å². The van der Waals surface area contributed by atoms with Crippen molar-refractivity contribution in [3.05, 3.63) is 59.2 Å². The average molecular weight is 506 g/mol. The van der Waals surface area contributed by atoms with Crippen LogP contribution in [0.3, 0.4) is 0 Å². The number of nitrogens with one attached hydrogen (secondary N) is 1. The van der Waals surface area contributed by atoms with Gasteiger partial charge in [-0.3, -0.25) is 14.4 Å². The van der Waals surface area contributed by atoms with Crippen LogP contribution in [0.15, 0.2) is 48.0 Å². The van der Waals surface area contributed by atoms with Gasteiger partial charge in [0.05, 0.1) is 26.3 Å². The van der Waals surface area contributed by atoms with Crippen LogP contribution in [0, 0.1) is 0 Å². The number of nitrogens with zero attached hydrogens (tertiary/aromatic N) is 2. The predicted octanol–water partition coefficient (Wildman–Crippen LogP) is -1.27. The van der Waals surface area contributed by atoms with Gasteiger partial charge in [0, 0.05) is 23.9 Å². The lowest BCUT2D eigenvalue weighted by Crippen LogP contribution is -3.14. The van der Waals surface area contributed by atoms with Gasteiger partial charge in [-0.15, -0.1) is 0 Å². The van der Waals surface area contributed by atoms with E-state index in [1.807, 2.05) is 0 Å². The maximum atomic E-state index is 14.1. The van der Waals surface area contributed by atoms with E-state index in [0.717, 1.165) is 13.1 Å². The van der Waals surface area contributed by atoms with Crippen LogP contribution in [0.5, 0.6) is 11.5 Å². The Morgan fingerprint density at radius 3 is 2.51 bits per heavy atom. The van der Waals surface area contributed by atoms with Crippen LogP contribution < -0.4 is 24.4 Å². The zero-order valence-corrected chi connectivity index (χ0v) is 20.5. The molecule has 0 aliphatic carbocycles. The lowest BCUT2D eigenvalue weighted by atomic mass is 9.82. The fraction of sp³-hybridized carbons (Fsp3) is 0.370.